The van der Waals surface area contributed by atoms with Crippen molar-refractivity contribution >= 4 is 38.6 Å². The van der Waals surface area contributed by atoms with E-state index in [0.717, 1.165) is 70.8 Å². The molecular formula is C36H42N4O7S. The third kappa shape index (κ3) is 5.78. The number of nitrogens with one attached hydrogen (secondary N) is 1. The van der Waals surface area contributed by atoms with Crippen LogP contribution < -0.4 is 4.72 Å². The highest BCUT2D eigenvalue weighted by Gasteiger charge is 2.40. The minimum atomic E-state index is -3.99. The van der Waals surface area contributed by atoms with Crippen LogP contribution in [0.3, 0.4) is 0 Å². The Morgan fingerprint density at radius 1 is 1.08 bits per heavy atom. The first-order valence-electron chi connectivity index (χ1n) is 16.8. The number of carbonyl (C=O) groups excluding carboxylic acids is 2. The topological polar surface area (TPSA) is 133 Å². The third-order valence-electron chi connectivity index (χ3n) is 10.1. The van der Waals surface area contributed by atoms with Gasteiger partial charge in [0.1, 0.15) is 11.5 Å². The highest BCUT2D eigenvalue weighted by molar-refractivity contribution is 7.87. The van der Waals surface area contributed by atoms with Gasteiger partial charge in [-0.2, -0.15) is 12.7 Å². The molecule has 1 amide bonds. The molecule has 3 aliphatic carbocycles. The normalized spacial score (nSPS) is 21.3. The molecule has 2 fully saturated rings. The van der Waals surface area contributed by atoms with Gasteiger partial charge in [-0.3, -0.25) is 4.79 Å². The van der Waals surface area contributed by atoms with Gasteiger partial charge < -0.3 is 18.6 Å². The van der Waals surface area contributed by atoms with Gasteiger partial charge in [0, 0.05) is 60.6 Å². The molecule has 3 aromatic rings. The summed E-state index contributed by atoms with van der Waals surface area (Å²) in [6, 6.07) is 5.49. The Morgan fingerprint density at radius 3 is 2.54 bits per heavy atom. The lowest BCUT2D eigenvalue weighted by atomic mass is 9.77. The van der Waals surface area contributed by atoms with Gasteiger partial charge in [0.15, 0.2) is 5.69 Å². The number of allylic oxidation sites excluding steroid dienone is 5. The standard InChI is InChI=1S/C36H42N4O7S/c1-5-46-36(42)32-31(34(47-37-32)22-11-12-22)25-17-24-18-26(45-4)14-16-27(24)33-30(21-9-7-6-8-10-21)28-15-13-23(19-29(28)40(33)20-25)35(41)38-48(43,44)39(2)3/h13-19,21-22,24,27H,5-12,20H2,1-4H3,(H,38,41). The van der Waals surface area contributed by atoms with Gasteiger partial charge in [-0.05, 0) is 73.9 Å². The van der Waals surface area contributed by atoms with Crippen molar-refractivity contribution in [3.8, 4) is 0 Å². The van der Waals surface area contributed by atoms with Gasteiger partial charge in [-0.15, -0.1) is 0 Å². The largest absolute Gasteiger partial charge is 0.497 e. The molecule has 0 saturated heterocycles. The summed E-state index contributed by atoms with van der Waals surface area (Å²) in [5.74, 6) is 0.599. The van der Waals surface area contributed by atoms with Crippen molar-refractivity contribution in [2.24, 2.45) is 5.92 Å². The second kappa shape index (κ2) is 12.7. The Hall–Kier alpha value is -4.16. The minimum absolute atomic E-state index is 0.0487. The molecule has 1 aromatic carbocycles. The molecule has 0 spiro atoms. The van der Waals surface area contributed by atoms with Gasteiger partial charge >= 0.3 is 16.2 Å². The summed E-state index contributed by atoms with van der Waals surface area (Å²) in [5, 5.41) is 5.30. The third-order valence-corrected chi connectivity index (χ3v) is 11.5. The Bertz CT molecular complexity index is 1970. The zero-order chi connectivity index (χ0) is 33.7. The number of esters is 1. The molecule has 48 heavy (non-hydrogen) atoms. The highest BCUT2D eigenvalue weighted by atomic mass is 32.2. The number of rotatable bonds is 9. The monoisotopic (exact) mass is 674 g/mol. The van der Waals surface area contributed by atoms with Crippen LogP contribution in [-0.2, 0) is 26.2 Å². The number of benzene rings is 1. The highest BCUT2D eigenvalue weighted by Crippen LogP contribution is 2.50. The first-order chi connectivity index (χ1) is 23.1. The van der Waals surface area contributed by atoms with Gasteiger partial charge in [0.05, 0.1) is 19.3 Å². The number of aromatic nitrogens is 2. The van der Waals surface area contributed by atoms with E-state index >= 15 is 0 Å². The van der Waals surface area contributed by atoms with E-state index in [1.165, 1.54) is 26.1 Å². The first kappa shape index (κ1) is 32.4. The molecule has 11 nitrogen and oxygen atoms in total. The Balaban J connectivity index is 1.46. The van der Waals surface area contributed by atoms with E-state index in [0.29, 0.717) is 23.8 Å². The predicted molar refractivity (Wildman–Crippen MR) is 181 cm³/mol. The van der Waals surface area contributed by atoms with E-state index < -0.39 is 22.1 Å². The van der Waals surface area contributed by atoms with Crippen LogP contribution in [0.25, 0.3) is 16.5 Å². The fourth-order valence-electron chi connectivity index (χ4n) is 7.59. The van der Waals surface area contributed by atoms with Crippen LogP contribution in [0.2, 0.25) is 0 Å². The van der Waals surface area contributed by atoms with E-state index in [4.69, 9.17) is 14.0 Å². The Morgan fingerprint density at radius 2 is 1.85 bits per heavy atom. The summed E-state index contributed by atoms with van der Waals surface area (Å²) in [4.78, 5) is 26.6. The number of nitrogens with zero attached hydrogens (tertiary/aromatic N) is 3. The molecule has 12 heteroatoms. The molecule has 2 atom stereocenters. The molecular weight excluding hydrogens is 632 g/mol. The van der Waals surface area contributed by atoms with Gasteiger partial charge in [0.2, 0.25) is 0 Å². The molecule has 7 rings (SSSR count). The van der Waals surface area contributed by atoms with Crippen molar-refractivity contribution in [2.75, 3.05) is 27.8 Å². The predicted octanol–water partition coefficient (Wildman–Crippen LogP) is 6.16. The Kier molecular flexibility index (Phi) is 8.57. The maximum Gasteiger partial charge on any atom is 0.361 e. The van der Waals surface area contributed by atoms with Crippen LogP contribution in [0.1, 0.15) is 113 Å². The molecule has 2 aromatic heterocycles. The summed E-state index contributed by atoms with van der Waals surface area (Å²) in [5.41, 5.74) is 5.25. The van der Waals surface area contributed by atoms with E-state index in [2.05, 4.69) is 32.7 Å². The molecule has 3 heterocycles. The van der Waals surface area contributed by atoms with Crippen LogP contribution in [0.5, 0.6) is 0 Å². The van der Waals surface area contributed by atoms with Crippen LogP contribution in [-0.4, -0.2) is 62.1 Å². The summed E-state index contributed by atoms with van der Waals surface area (Å²) in [6.07, 6.45) is 16.1. The minimum Gasteiger partial charge on any atom is -0.497 e. The average molecular weight is 675 g/mol. The maximum atomic E-state index is 13.4. The second-order valence-corrected chi connectivity index (χ2v) is 15.2. The van der Waals surface area contributed by atoms with Crippen molar-refractivity contribution in [3.63, 3.8) is 0 Å². The fraction of sp³-hybridized carbons (Fsp3) is 0.472. The quantitative estimate of drug-likeness (QED) is 0.267. The molecule has 4 aliphatic rings. The van der Waals surface area contributed by atoms with Crippen molar-refractivity contribution in [1.82, 2.24) is 18.8 Å². The van der Waals surface area contributed by atoms with Gasteiger partial charge in [-0.25, -0.2) is 9.52 Å². The van der Waals surface area contributed by atoms with Gasteiger partial charge in [0.25, 0.3) is 5.91 Å². The number of carbonyl (C=O) groups is 2. The molecule has 0 radical (unpaired) electrons. The SMILES string of the molecule is CCOC(=O)c1noc(C2CC2)c1C1=CC2C=C(OC)C=CC2c2c(C3CCCCC3)c3ccc(C(=O)NS(=O)(=O)N(C)C)cc3n2C1. The van der Waals surface area contributed by atoms with Crippen molar-refractivity contribution in [2.45, 2.75) is 76.2 Å². The number of ether oxygens (including phenoxy) is 2. The van der Waals surface area contributed by atoms with Crippen LogP contribution in [0.15, 0.2) is 52.8 Å². The first-order valence-corrected chi connectivity index (χ1v) is 18.3. The maximum absolute atomic E-state index is 13.4. The summed E-state index contributed by atoms with van der Waals surface area (Å²) in [7, 11) is 0.418. The number of amides is 1. The number of hydrogen-bond donors (Lipinski definition) is 1. The van der Waals surface area contributed by atoms with Crippen LogP contribution in [0.4, 0.5) is 0 Å². The molecule has 2 unspecified atom stereocenters. The molecule has 254 valence electrons. The zero-order valence-corrected chi connectivity index (χ0v) is 28.6. The second-order valence-electron chi connectivity index (χ2n) is 13.4. The Labute approximate surface area is 280 Å². The lowest BCUT2D eigenvalue weighted by molar-refractivity contribution is 0.0514. The lowest BCUT2D eigenvalue weighted by Crippen LogP contribution is -2.39. The van der Waals surface area contributed by atoms with Crippen LogP contribution >= 0.6 is 0 Å². The number of methoxy groups -OCH3 is 1. The molecule has 2 saturated carbocycles. The van der Waals surface area contributed by atoms with Crippen molar-refractivity contribution in [1.29, 1.82) is 0 Å². The summed E-state index contributed by atoms with van der Waals surface area (Å²) < 4.78 is 47.6. The van der Waals surface area contributed by atoms with Gasteiger partial charge in [-0.1, -0.05) is 42.6 Å². The van der Waals surface area contributed by atoms with Crippen LogP contribution in [0, 0.1) is 5.92 Å². The fourth-order valence-corrected chi connectivity index (χ4v) is 8.12. The van der Waals surface area contributed by atoms with E-state index in [1.54, 1.807) is 26.2 Å². The lowest BCUT2D eigenvalue weighted by Gasteiger charge is -2.28. The van der Waals surface area contributed by atoms with E-state index in [-0.39, 0.29) is 35.6 Å². The average Bonchev–Trinajstić information content (AvgIpc) is 3.78. The summed E-state index contributed by atoms with van der Waals surface area (Å²) in [6.45, 7) is 2.37. The van der Waals surface area contributed by atoms with Crippen molar-refractivity contribution in [3.05, 3.63) is 82.1 Å². The molecule has 1 aliphatic heterocycles. The zero-order valence-electron chi connectivity index (χ0n) is 27.8. The number of fused-ring (bicyclic) bond motifs is 5. The van der Waals surface area contributed by atoms with E-state index in [1.807, 2.05) is 12.1 Å². The van der Waals surface area contributed by atoms with E-state index in [9.17, 15) is 18.0 Å². The molecule has 0 bridgehead atoms. The number of hydrogen-bond acceptors (Lipinski definition) is 8. The smallest absolute Gasteiger partial charge is 0.361 e. The molecule has 1 N–H and O–H groups in total. The van der Waals surface area contributed by atoms with Crippen molar-refractivity contribution < 1.29 is 32.0 Å². The summed E-state index contributed by atoms with van der Waals surface area (Å²) >= 11 is 0.